The number of likely N-dealkylation sites (tertiary alicyclic amines) is 1. The molecule has 0 unspecified atom stereocenters. The first-order chi connectivity index (χ1) is 14.3. The molecule has 1 heterocycles. The number of amides is 1. The highest BCUT2D eigenvalue weighted by molar-refractivity contribution is 7.89. The summed E-state index contributed by atoms with van der Waals surface area (Å²) in [4.78, 5) is 14.8. The number of nitrogens with one attached hydrogen (secondary N) is 2. The average molecular weight is 452 g/mol. The molecule has 0 radical (unpaired) electrons. The quantitative estimate of drug-likeness (QED) is 0.675. The molecule has 1 aliphatic heterocycles. The molecular weight excluding hydrogens is 426 g/mol. The van der Waals surface area contributed by atoms with Crippen molar-refractivity contribution in [3.8, 4) is 5.75 Å². The number of hydrogen-bond acceptors (Lipinski definition) is 5. The number of piperidine rings is 1. The van der Waals surface area contributed by atoms with E-state index in [-0.39, 0.29) is 34.7 Å². The van der Waals surface area contributed by atoms with Crippen LogP contribution < -0.4 is 14.8 Å². The van der Waals surface area contributed by atoms with Crippen LogP contribution in [-0.4, -0.2) is 52.5 Å². The van der Waals surface area contributed by atoms with Crippen LogP contribution >= 0.6 is 11.6 Å². The first-order valence-corrected chi connectivity index (χ1v) is 11.6. The Morgan fingerprint density at radius 3 is 2.47 bits per heavy atom. The van der Waals surface area contributed by atoms with Crippen LogP contribution in [0.5, 0.6) is 5.75 Å². The third-order valence-corrected chi connectivity index (χ3v) is 6.82. The summed E-state index contributed by atoms with van der Waals surface area (Å²) < 4.78 is 33.6. The van der Waals surface area contributed by atoms with E-state index in [0.717, 1.165) is 31.5 Å². The summed E-state index contributed by atoms with van der Waals surface area (Å²) >= 11 is 5.87. The lowest BCUT2D eigenvalue weighted by molar-refractivity contribution is 0.0916. The Labute approximate surface area is 182 Å². The van der Waals surface area contributed by atoms with Gasteiger partial charge >= 0.3 is 0 Å². The summed E-state index contributed by atoms with van der Waals surface area (Å²) in [5.41, 5.74) is 1.04. The van der Waals surface area contributed by atoms with E-state index < -0.39 is 10.0 Å². The molecule has 2 aromatic carbocycles. The maximum atomic E-state index is 12.9. The highest BCUT2D eigenvalue weighted by Gasteiger charge is 2.23. The molecule has 30 heavy (non-hydrogen) atoms. The molecule has 162 valence electrons. The Morgan fingerprint density at radius 1 is 1.17 bits per heavy atom. The average Bonchev–Trinajstić information content (AvgIpc) is 2.74. The lowest BCUT2D eigenvalue weighted by Gasteiger charge is -2.29. The van der Waals surface area contributed by atoms with E-state index in [2.05, 4.69) is 22.0 Å². The van der Waals surface area contributed by atoms with E-state index in [1.807, 2.05) is 0 Å². The number of sulfonamides is 1. The summed E-state index contributed by atoms with van der Waals surface area (Å²) in [6.07, 6.45) is 1.73. The van der Waals surface area contributed by atoms with E-state index in [1.165, 1.54) is 19.2 Å². The first kappa shape index (κ1) is 22.6. The standard InChI is InChI=1S/C21H26ClN3O4S/c1-25-11-9-18(10-12-25)24-21(26)16-5-8-19(29-2)20(13-16)30(27,28)23-14-15-3-6-17(22)7-4-15/h3-8,13,18,23H,9-12,14H2,1-2H3,(H,24,26). The van der Waals surface area contributed by atoms with Gasteiger partial charge in [-0.15, -0.1) is 0 Å². The number of rotatable bonds is 7. The second kappa shape index (κ2) is 9.78. The van der Waals surface area contributed by atoms with Gasteiger partial charge in [0, 0.05) is 23.2 Å². The van der Waals surface area contributed by atoms with E-state index in [0.29, 0.717) is 5.02 Å². The fraction of sp³-hybridized carbons (Fsp3) is 0.381. The van der Waals surface area contributed by atoms with Gasteiger partial charge in [0.25, 0.3) is 5.91 Å². The van der Waals surface area contributed by atoms with Crippen LogP contribution in [0.4, 0.5) is 0 Å². The zero-order valence-corrected chi connectivity index (χ0v) is 18.6. The smallest absolute Gasteiger partial charge is 0.251 e. The number of nitrogens with zero attached hydrogens (tertiary/aromatic N) is 1. The van der Waals surface area contributed by atoms with Gasteiger partial charge in [0.1, 0.15) is 10.6 Å². The van der Waals surface area contributed by atoms with Crippen molar-refractivity contribution in [3.63, 3.8) is 0 Å². The van der Waals surface area contributed by atoms with Crippen molar-refractivity contribution in [2.45, 2.75) is 30.3 Å². The zero-order valence-electron chi connectivity index (χ0n) is 17.0. The molecule has 0 aliphatic carbocycles. The largest absolute Gasteiger partial charge is 0.495 e. The number of methoxy groups -OCH3 is 1. The molecule has 1 saturated heterocycles. The molecule has 2 N–H and O–H groups in total. The third kappa shape index (κ3) is 5.72. The molecular formula is C21H26ClN3O4S. The number of carbonyl (C=O) groups is 1. The molecule has 0 saturated carbocycles. The van der Waals surface area contributed by atoms with E-state index in [9.17, 15) is 13.2 Å². The summed E-state index contributed by atoms with van der Waals surface area (Å²) in [7, 11) is -0.456. The van der Waals surface area contributed by atoms with Gasteiger partial charge in [-0.25, -0.2) is 13.1 Å². The molecule has 1 fully saturated rings. The van der Waals surface area contributed by atoms with Crippen molar-refractivity contribution >= 4 is 27.5 Å². The van der Waals surface area contributed by atoms with Gasteiger partial charge in [-0.3, -0.25) is 4.79 Å². The van der Waals surface area contributed by atoms with Gasteiger partial charge in [0.15, 0.2) is 0 Å². The Bertz CT molecular complexity index is 988. The number of hydrogen-bond donors (Lipinski definition) is 2. The molecule has 1 aliphatic rings. The molecule has 2 aromatic rings. The normalized spacial score (nSPS) is 15.7. The van der Waals surface area contributed by atoms with Crippen LogP contribution in [0.3, 0.4) is 0 Å². The highest BCUT2D eigenvalue weighted by Crippen LogP contribution is 2.25. The SMILES string of the molecule is COc1ccc(C(=O)NC2CCN(C)CC2)cc1S(=O)(=O)NCc1ccc(Cl)cc1. The monoisotopic (exact) mass is 451 g/mol. The minimum Gasteiger partial charge on any atom is -0.495 e. The maximum Gasteiger partial charge on any atom is 0.251 e. The lowest BCUT2D eigenvalue weighted by atomic mass is 10.0. The number of ether oxygens (including phenoxy) is 1. The second-order valence-electron chi connectivity index (χ2n) is 7.37. The third-order valence-electron chi connectivity index (χ3n) is 5.15. The number of halogens is 1. The van der Waals surface area contributed by atoms with Crippen molar-refractivity contribution in [3.05, 3.63) is 58.6 Å². The van der Waals surface area contributed by atoms with Gasteiger partial charge in [-0.2, -0.15) is 0 Å². The minimum absolute atomic E-state index is 0.0741. The summed E-state index contributed by atoms with van der Waals surface area (Å²) in [5, 5.41) is 3.58. The molecule has 0 atom stereocenters. The van der Waals surface area contributed by atoms with Gasteiger partial charge in [-0.05, 0) is 68.9 Å². The summed E-state index contributed by atoms with van der Waals surface area (Å²) in [5.74, 6) is -0.115. The molecule has 0 aromatic heterocycles. The van der Waals surface area contributed by atoms with Gasteiger partial charge in [-0.1, -0.05) is 23.7 Å². The van der Waals surface area contributed by atoms with Gasteiger partial charge in [0.05, 0.1) is 7.11 Å². The van der Waals surface area contributed by atoms with Crippen molar-refractivity contribution in [1.82, 2.24) is 14.9 Å². The number of carbonyl (C=O) groups excluding carboxylic acids is 1. The molecule has 0 spiro atoms. The topological polar surface area (TPSA) is 87.7 Å². The Morgan fingerprint density at radius 2 is 1.83 bits per heavy atom. The Balaban J connectivity index is 1.75. The van der Waals surface area contributed by atoms with Crippen LogP contribution in [0.25, 0.3) is 0 Å². The van der Waals surface area contributed by atoms with Gasteiger partial charge in [0.2, 0.25) is 10.0 Å². The zero-order chi connectivity index (χ0) is 21.7. The van der Waals surface area contributed by atoms with E-state index in [4.69, 9.17) is 16.3 Å². The lowest BCUT2D eigenvalue weighted by Crippen LogP contribution is -2.43. The van der Waals surface area contributed by atoms with Crippen molar-refractivity contribution in [2.75, 3.05) is 27.2 Å². The maximum absolute atomic E-state index is 12.9. The predicted molar refractivity (Wildman–Crippen MR) is 116 cm³/mol. The summed E-state index contributed by atoms with van der Waals surface area (Å²) in [6, 6.07) is 11.4. The Kier molecular flexibility index (Phi) is 7.36. The predicted octanol–water partition coefficient (Wildman–Crippen LogP) is 2.65. The van der Waals surface area contributed by atoms with Crippen LogP contribution in [0.2, 0.25) is 5.02 Å². The summed E-state index contributed by atoms with van der Waals surface area (Å²) in [6.45, 7) is 1.93. The molecule has 1 amide bonds. The molecule has 9 heteroatoms. The van der Waals surface area contributed by atoms with Crippen LogP contribution in [0.15, 0.2) is 47.4 Å². The van der Waals surface area contributed by atoms with Crippen LogP contribution in [-0.2, 0) is 16.6 Å². The number of benzene rings is 2. The Hall–Kier alpha value is -2.13. The van der Waals surface area contributed by atoms with Gasteiger partial charge < -0.3 is 15.0 Å². The molecule has 0 bridgehead atoms. The fourth-order valence-electron chi connectivity index (χ4n) is 3.31. The molecule has 3 rings (SSSR count). The van der Waals surface area contributed by atoms with E-state index >= 15 is 0 Å². The first-order valence-electron chi connectivity index (χ1n) is 9.70. The van der Waals surface area contributed by atoms with Crippen molar-refractivity contribution in [1.29, 1.82) is 0 Å². The van der Waals surface area contributed by atoms with Crippen molar-refractivity contribution in [2.24, 2.45) is 0 Å². The minimum atomic E-state index is -3.90. The van der Waals surface area contributed by atoms with Crippen molar-refractivity contribution < 1.29 is 17.9 Å². The fourth-order valence-corrected chi connectivity index (χ4v) is 4.64. The second-order valence-corrected chi connectivity index (χ2v) is 9.54. The highest BCUT2D eigenvalue weighted by atomic mass is 35.5. The molecule has 7 nitrogen and oxygen atoms in total. The van der Waals surface area contributed by atoms with E-state index in [1.54, 1.807) is 30.3 Å². The van der Waals surface area contributed by atoms with Crippen LogP contribution in [0, 0.1) is 0 Å². The van der Waals surface area contributed by atoms with Crippen LogP contribution in [0.1, 0.15) is 28.8 Å².